The van der Waals surface area contributed by atoms with E-state index in [-0.39, 0.29) is 37.5 Å². The Balaban J connectivity index is 2.48. The van der Waals surface area contributed by atoms with E-state index in [1.807, 2.05) is 30.3 Å². The lowest BCUT2D eigenvalue weighted by atomic mass is 9.95. The Morgan fingerprint density at radius 2 is 1.51 bits per heavy atom. The number of nitrogens with zero attached hydrogens (tertiary/aromatic N) is 3. The van der Waals surface area contributed by atoms with Crippen molar-refractivity contribution < 1.29 is 68.1 Å². The zero-order valence-corrected chi connectivity index (χ0v) is 35.5. The molecule has 1 saturated heterocycles. The molecule has 1 heterocycles. The molecule has 7 amide bonds. The summed E-state index contributed by atoms with van der Waals surface area (Å²) in [4.78, 5) is 130. The van der Waals surface area contributed by atoms with Crippen LogP contribution in [0, 0.1) is 11.8 Å². The first kappa shape index (κ1) is 51.2. The number of rotatable bonds is 23. The van der Waals surface area contributed by atoms with Gasteiger partial charge in [-0.15, -0.1) is 0 Å². The molecule has 1 aliphatic rings. The van der Waals surface area contributed by atoms with Gasteiger partial charge in [0.1, 0.15) is 36.8 Å². The number of ether oxygens (including phenoxy) is 1. The number of aliphatic carboxylic acids is 2. The number of carboxylic acid groups (broad SMARTS) is 2. The van der Waals surface area contributed by atoms with Crippen molar-refractivity contribution in [2.45, 2.75) is 130 Å². The number of benzene rings is 1. The van der Waals surface area contributed by atoms with Crippen molar-refractivity contribution in [3.05, 3.63) is 35.9 Å². The molecular weight excluding hydrogens is 802 g/mol. The van der Waals surface area contributed by atoms with Crippen LogP contribution in [0.25, 0.3) is 0 Å². The Morgan fingerprint density at radius 1 is 0.869 bits per heavy atom. The Bertz CT molecular complexity index is 1740. The molecule has 338 valence electrons. The summed E-state index contributed by atoms with van der Waals surface area (Å²) in [6.07, 6.45) is -2.80. The number of carbonyl (C=O) groups excluding carboxylic acids is 8. The molecule has 0 aromatic heterocycles. The molecule has 7 atom stereocenters. The summed E-state index contributed by atoms with van der Waals surface area (Å²) >= 11 is 0. The average Bonchev–Trinajstić information content (AvgIpc) is 3.63. The van der Waals surface area contributed by atoms with Gasteiger partial charge in [-0.2, -0.15) is 0 Å². The third kappa shape index (κ3) is 15.9. The highest BCUT2D eigenvalue weighted by atomic mass is 16.5. The van der Waals surface area contributed by atoms with Crippen molar-refractivity contribution >= 4 is 59.1 Å². The SMILES string of the molecule is CCC(=O)N(CC(C)=O)NC(=O)[C@@H]1C[C@@H](OCc2ccccc2)CN1C(=O)[C@@H](NC(=O)[C@H](C(C)CC)N(O)C(=O)[C@@H](CCC(=O)O)NC(=O)[C@H](CC(=O)O)NC(C)=O)C(C)C. The van der Waals surface area contributed by atoms with Gasteiger partial charge in [-0.1, -0.05) is 71.4 Å². The predicted octanol–water partition coefficient (Wildman–Crippen LogP) is 0.134. The number of likely N-dealkylation sites (tertiary alicyclic amines) is 1. The van der Waals surface area contributed by atoms with Gasteiger partial charge in [0, 0.05) is 32.7 Å². The van der Waals surface area contributed by atoms with Crippen LogP contribution >= 0.6 is 0 Å². The van der Waals surface area contributed by atoms with Gasteiger partial charge in [0.25, 0.3) is 11.8 Å². The van der Waals surface area contributed by atoms with E-state index in [1.54, 1.807) is 27.7 Å². The van der Waals surface area contributed by atoms with Crippen molar-refractivity contribution in [2.24, 2.45) is 11.8 Å². The fourth-order valence-corrected chi connectivity index (χ4v) is 6.50. The Labute approximate surface area is 353 Å². The molecule has 0 spiro atoms. The number of amides is 7. The highest BCUT2D eigenvalue weighted by molar-refractivity contribution is 5.97. The molecule has 0 saturated carbocycles. The highest BCUT2D eigenvalue weighted by Crippen LogP contribution is 2.25. The number of ketones is 1. The third-order valence-electron chi connectivity index (χ3n) is 9.91. The van der Waals surface area contributed by atoms with Crippen molar-refractivity contribution in [3.8, 4) is 0 Å². The van der Waals surface area contributed by atoms with Crippen LogP contribution in [0.5, 0.6) is 0 Å². The van der Waals surface area contributed by atoms with Gasteiger partial charge in [-0.25, -0.2) is 10.1 Å². The van der Waals surface area contributed by atoms with Gasteiger partial charge < -0.3 is 35.8 Å². The molecule has 1 aromatic carbocycles. The second-order valence-electron chi connectivity index (χ2n) is 15.3. The average molecular weight is 862 g/mol. The fraction of sp³-hybridized carbons (Fsp3) is 0.600. The van der Waals surface area contributed by atoms with Gasteiger partial charge in [0.15, 0.2) is 5.78 Å². The number of carbonyl (C=O) groups is 10. The number of hydrogen-bond donors (Lipinski definition) is 7. The van der Waals surface area contributed by atoms with Crippen molar-refractivity contribution in [1.82, 2.24) is 36.3 Å². The molecule has 0 bridgehead atoms. The Kier molecular flexibility index (Phi) is 20.4. The highest BCUT2D eigenvalue weighted by Gasteiger charge is 2.45. The van der Waals surface area contributed by atoms with Crippen LogP contribution in [0.15, 0.2) is 30.3 Å². The molecule has 7 N–H and O–H groups in total. The van der Waals surface area contributed by atoms with E-state index in [2.05, 4.69) is 21.4 Å². The monoisotopic (exact) mass is 861 g/mol. The first-order valence-corrected chi connectivity index (χ1v) is 20.0. The van der Waals surface area contributed by atoms with E-state index in [9.17, 15) is 63.4 Å². The minimum Gasteiger partial charge on any atom is -0.481 e. The van der Waals surface area contributed by atoms with Gasteiger partial charge in [0.05, 0.1) is 19.1 Å². The largest absolute Gasteiger partial charge is 0.481 e. The Morgan fingerprint density at radius 3 is 2.03 bits per heavy atom. The van der Waals surface area contributed by atoms with E-state index in [0.29, 0.717) is 0 Å². The molecule has 0 radical (unpaired) electrons. The van der Waals surface area contributed by atoms with Gasteiger partial charge in [0.2, 0.25) is 29.5 Å². The molecule has 0 aliphatic carbocycles. The summed E-state index contributed by atoms with van der Waals surface area (Å²) in [5, 5.41) is 37.8. The lowest BCUT2D eigenvalue weighted by molar-refractivity contribution is -0.187. The molecule has 21 heteroatoms. The molecule has 61 heavy (non-hydrogen) atoms. The van der Waals surface area contributed by atoms with Gasteiger partial charge in [-0.3, -0.25) is 58.6 Å². The van der Waals surface area contributed by atoms with Crippen molar-refractivity contribution in [3.63, 3.8) is 0 Å². The normalized spacial score (nSPS) is 17.2. The van der Waals surface area contributed by atoms with Crippen LogP contribution in [0.2, 0.25) is 0 Å². The summed E-state index contributed by atoms with van der Waals surface area (Å²) in [7, 11) is 0. The standard InChI is InChI=1S/C40H59N7O14/c1-8-23(5)35(47(60)39(58)28(15-16-32(51)52)42-36(55)29(18-33(53)54)41-25(7)49)38(57)43-34(22(3)4)40(59)45-20-27(61-21-26-13-11-10-12-14-26)17-30(45)37(56)44-46(19-24(6)48)31(50)9-2/h10-14,22-23,27-30,34-35,60H,8-9,15-21H2,1-7H3,(H,41,49)(H,42,55)(H,43,57)(H,44,56)(H,51,52)(H,53,54)/t23?,27-,28-,29+,30+,34+,35+/m1/s1. The lowest BCUT2D eigenvalue weighted by Crippen LogP contribution is -2.62. The maximum Gasteiger partial charge on any atom is 0.305 e. The molecule has 1 aliphatic heterocycles. The van der Waals surface area contributed by atoms with Crippen LogP contribution in [-0.2, 0) is 59.3 Å². The Hall–Kier alpha value is -5.96. The quantitative estimate of drug-likeness (QED) is 0.0569. The lowest BCUT2D eigenvalue weighted by Gasteiger charge is -2.35. The summed E-state index contributed by atoms with van der Waals surface area (Å²) in [6.45, 7) is 9.75. The maximum absolute atomic E-state index is 14.5. The molecule has 2 rings (SSSR count). The first-order chi connectivity index (χ1) is 28.6. The first-order valence-electron chi connectivity index (χ1n) is 20.0. The number of carboxylic acids is 2. The maximum atomic E-state index is 14.5. The summed E-state index contributed by atoms with van der Waals surface area (Å²) in [5.41, 5.74) is 3.28. The second-order valence-corrected chi connectivity index (χ2v) is 15.3. The molecule has 1 unspecified atom stereocenters. The van der Waals surface area contributed by atoms with Crippen molar-refractivity contribution in [2.75, 3.05) is 13.1 Å². The van der Waals surface area contributed by atoms with Crippen LogP contribution in [0.1, 0.15) is 92.6 Å². The van der Waals surface area contributed by atoms with Crippen LogP contribution in [-0.4, -0.2) is 139 Å². The smallest absolute Gasteiger partial charge is 0.305 e. The van der Waals surface area contributed by atoms with Crippen LogP contribution in [0.4, 0.5) is 0 Å². The number of nitrogens with one attached hydrogen (secondary N) is 4. The molecule has 21 nitrogen and oxygen atoms in total. The van der Waals surface area contributed by atoms with E-state index in [1.165, 1.54) is 18.7 Å². The number of Topliss-reactive ketones (excluding diaryl/α,β-unsaturated/α-hetero) is 1. The molecule has 1 fully saturated rings. The van der Waals surface area contributed by atoms with Gasteiger partial charge in [-0.05, 0) is 30.7 Å². The minimum absolute atomic E-state index is 0.0233. The zero-order valence-electron chi connectivity index (χ0n) is 35.5. The third-order valence-corrected chi connectivity index (χ3v) is 9.91. The van der Waals surface area contributed by atoms with Crippen molar-refractivity contribution in [1.29, 1.82) is 0 Å². The summed E-state index contributed by atoms with van der Waals surface area (Å²) < 4.78 is 6.10. The number of hydrazine groups is 1. The van der Waals surface area contributed by atoms with E-state index >= 15 is 0 Å². The van der Waals surface area contributed by atoms with Gasteiger partial charge >= 0.3 is 11.9 Å². The van der Waals surface area contributed by atoms with E-state index < -0.39 is 133 Å². The summed E-state index contributed by atoms with van der Waals surface area (Å²) in [5.74, 6) is -11.2. The predicted molar refractivity (Wildman–Crippen MR) is 213 cm³/mol. The second kappa shape index (κ2) is 24.3. The summed E-state index contributed by atoms with van der Waals surface area (Å²) in [6, 6.07) is 1.25. The minimum atomic E-state index is -1.82. The fourth-order valence-electron chi connectivity index (χ4n) is 6.50. The number of hydroxylamine groups is 2. The zero-order chi connectivity index (χ0) is 46.1. The molecule has 1 aromatic rings. The van der Waals surface area contributed by atoms with Crippen LogP contribution < -0.4 is 21.4 Å². The number of hydrogen-bond acceptors (Lipinski definition) is 12. The van der Waals surface area contributed by atoms with Crippen LogP contribution in [0.3, 0.4) is 0 Å². The van der Waals surface area contributed by atoms with E-state index in [4.69, 9.17) is 4.74 Å². The molecular formula is C40H59N7O14. The van der Waals surface area contributed by atoms with E-state index in [0.717, 1.165) is 17.5 Å². The topological polar surface area (TPSA) is 298 Å².